The third-order valence-electron chi connectivity index (χ3n) is 0. The van der Waals surface area contributed by atoms with E-state index in [1.165, 1.54) is 0 Å². The third kappa shape index (κ3) is 277. The maximum absolute atomic E-state index is 0. The monoisotopic (exact) mass is 239 g/mol. The Morgan fingerprint density at radius 1 is 0.500 bits per heavy atom. The summed E-state index contributed by atoms with van der Waals surface area (Å²) in [5, 5.41) is 0. The van der Waals surface area contributed by atoms with Crippen LogP contribution >= 0.6 is 39.6 Å². The largest absolute Gasteiger partial charge is 1.00 e. The van der Waals surface area contributed by atoms with Gasteiger partial charge in [0.05, 0.1) is 0 Å². The fourth-order valence-electron chi connectivity index (χ4n) is 0. The molecule has 0 saturated heterocycles. The molecule has 4 atom stereocenters. The van der Waals surface area contributed by atoms with Crippen LogP contribution in [0.4, 0.5) is 0 Å². The molecule has 0 spiro atoms. The standard InChI is InChI=1S/3CH4.H3N.2H2O.4H3P/h3*1H4;1H3;2*1H2;4*1H3/p+2. The van der Waals surface area contributed by atoms with Crippen molar-refractivity contribution in [3.8, 4) is 0 Å². The average Bonchev–Trinajstić information content (AvgIpc) is 0. The fraction of sp³-hybridized carbons (Fsp3) is 1.00. The van der Waals surface area contributed by atoms with Crippen LogP contribution in [0.5, 0.6) is 0 Å². The smallest absolute Gasteiger partial charge is 0.412 e. The van der Waals surface area contributed by atoms with Gasteiger partial charge in [-0.15, -0.1) is 0 Å². The van der Waals surface area contributed by atoms with Crippen molar-refractivity contribution in [2.75, 3.05) is 0 Å². The molecule has 3 nitrogen and oxygen atoms in total. The second-order valence-electron chi connectivity index (χ2n) is 0. The maximum Gasteiger partial charge on any atom is 1.00 e. The van der Waals surface area contributed by atoms with Gasteiger partial charge in [-0.3, -0.25) is 0 Å². The Bertz CT molecular complexity index is 23.3. The van der Waals surface area contributed by atoms with Crippen LogP contribution in [-0.4, -0.2) is 11.0 Å². The summed E-state index contributed by atoms with van der Waals surface area (Å²) < 4.78 is 0. The van der Waals surface area contributed by atoms with Crippen molar-refractivity contribution in [3.63, 3.8) is 0 Å². The van der Waals surface area contributed by atoms with E-state index in [0.29, 0.717) is 0 Å². The number of hydrogen-bond donors (Lipinski definition) is 1. The topological polar surface area (TPSA) is 99.5 Å². The zero-order valence-electron chi connectivity index (χ0n) is 5.83. The molecule has 0 saturated carbocycles. The first-order valence-electron chi connectivity index (χ1n) is 0. The molecule has 8 N–H and O–H groups in total. The van der Waals surface area contributed by atoms with E-state index in [-0.39, 0.29) is 80.4 Å². The van der Waals surface area contributed by atoms with Gasteiger partial charge in [-0.2, -0.15) is 39.6 Å². The van der Waals surface area contributed by atoms with Gasteiger partial charge in [0.25, 0.3) is 0 Å². The Kier molecular flexibility index (Phi) is 19400. The lowest BCUT2D eigenvalue weighted by Crippen LogP contribution is -0.481. The molecule has 0 bridgehead atoms. The number of hydrogen-bond acceptors (Lipinski definition) is 0. The maximum atomic E-state index is 0. The van der Waals surface area contributed by atoms with Crippen LogP contribution in [0, 0.1) is 0 Å². The van der Waals surface area contributed by atoms with Crippen molar-refractivity contribution in [2.45, 2.75) is 22.3 Å². The zero-order valence-corrected chi connectivity index (χ0v) is 10.5. The van der Waals surface area contributed by atoms with Gasteiger partial charge in [0.2, 0.25) is 0 Å². The minimum atomic E-state index is 0. The van der Waals surface area contributed by atoms with Gasteiger partial charge >= 0.3 is 1.43 Å². The van der Waals surface area contributed by atoms with Gasteiger partial charge in [0, 0.05) is 0 Å². The van der Waals surface area contributed by atoms with E-state index in [1.54, 1.807) is 0 Å². The van der Waals surface area contributed by atoms with Crippen LogP contribution in [0.25, 0.3) is 0 Å². The normalized spacial score (nSPS) is 0. The van der Waals surface area contributed by atoms with Crippen molar-refractivity contribution in [3.05, 3.63) is 0 Å². The van der Waals surface area contributed by atoms with E-state index in [2.05, 4.69) is 0 Å². The van der Waals surface area contributed by atoms with E-state index in [9.17, 15) is 0 Å². The molecule has 0 aromatic rings. The fourth-order valence-corrected chi connectivity index (χ4v) is 0. The van der Waals surface area contributed by atoms with E-state index < -0.39 is 0 Å². The summed E-state index contributed by atoms with van der Waals surface area (Å²) in [6.07, 6.45) is 0. The highest BCUT2D eigenvalue weighted by Gasteiger charge is -0.0754. The SMILES string of the molecule is C.C.C.O.O.P.P.P.P.[H+].[NH4+]. The highest BCUT2D eigenvalue weighted by Crippen LogP contribution is 0.864. The highest BCUT2D eigenvalue weighted by molar-refractivity contribution is 6.92. The minimum absolute atomic E-state index is 0. The van der Waals surface area contributed by atoms with Crippen LogP contribution in [0.3, 0.4) is 0 Å². The Hall–Kier alpha value is 1.60. The molecule has 0 fully saturated rings. The minimum Gasteiger partial charge on any atom is -0.412 e. The number of quaternary nitrogens is 1. The molecule has 0 aliphatic carbocycles. The molecule has 0 heterocycles. The lowest BCUT2D eigenvalue weighted by molar-refractivity contribution is 0.823. The van der Waals surface area contributed by atoms with Crippen LogP contribution in [0.1, 0.15) is 23.7 Å². The predicted molar refractivity (Wildman–Crippen MR) is 78.9 cm³/mol. The molecule has 0 aromatic heterocycles. The van der Waals surface area contributed by atoms with Crippen LogP contribution < -0.4 is 6.15 Å². The average molecular weight is 239 g/mol. The Labute approximate surface area is 81.1 Å². The molecule has 0 aliphatic rings. The summed E-state index contributed by atoms with van der Waals surface area (Å²) in [7, 11) is 0. The van der Waals surface area contributed by atoms with Crippen LogP contribution in [-0.2, 0) is 0 Å². The molecule has 0 aromatic carbocycles. The summed E-state index contributed by atoms with van der Waals surface area (Å²) in [6, 6.07) is 0. The molecular weight excluding hydrogens is 206 g/mol. The van der Waals surface area contributed by atoms with Crippen molar-refractivity contribution in [2.24, 2.45) is 0 Å². The summed E-state index contributed by atoms with van der Waals surface area (Å²) in [5.74, 6) is 0. The van der Waals surface area contributed by atoms with Crippen LogP contribution in [0.15, 0.2) is 0 Å². The van der Waals surface area contributed by atoms with Crippen molar-refractivity contribution >= 4 is 39.6 Å². The first-order valence-corrected chi connectivity index (χ1v) is 0. The Morgan fingerprint density at radius 3 is 0.500 bits per heavy atom. The summed E-state index contributed by atoms with van der Waals surface area (Å²) in [5.41, 5.74) is 0. The van der Waals surface area contributed by atoms with Crippen molar-refractivity contribution in [1.29, 1.82) is 0 Å². The quantitative estimate of drug-likeness (QED) is 0.609. The number of rotatable bonds is 0. The molecule has 0 radical (unpaired) electrons. The summed E-state index contributed by atoms with van der Waals surface area (Å²) in [4.78, 5) is 0. The molecule has 4 unspecified atom stereocenters. The second kappa shape index (κ2) is 382. The van der Waals surface area contributed by atoms with Gasteiger partial charge in [-0.25, -0.2) is 0 Å². The van der Waals surface area contributed by atoms with Gasteiger partial charge in [0.1, 0.15) is 0 Å². The van der Waals surface area contributed by atoms with Gasteiger partial charge < -0.3 is 17.1 Å². The Morgan fingerprint density at radius 2 is 0.500 bits per heavy atom. The van der Waals surface area contributed by atoms with Crippen molar-refractivity contribution < 1.29 is 12.4 Å². The third-order valence-corrected chi connectivity index (χ3v) is 0. The lowest BCUT2D eigenvalue weighted by Gasteiger charge is -0.413. The zero-order chi connectivity index (χ0) is 0. The predicted octanol–water partition coefficient (Wildman–Crippen LogP) is 0.980. The molecule has 0 aliphatic heterocycles. The molecule has 80 valence electrons. The molecule has 7 heteroatoms. The van der Waals surface area contributed by atoms with Crippen LogP contribution in [0.2, 0.25) is 0 Å². The first-order chi connectivity index (χ1) is 0. The van der Waals surface area contributed by atoms with Gasteiger partial charge in [-0.05, 0) is 0 Å². The van der Waals surface area contributed by atoms with E-state index >= 15 is 0 Å². The summed E-state index contributed by atoms with van der Waals surface area (Å²) in [6.45, 7) is 0. The lowest BCUT2D eigenvalue weighted by atomic mass is 12.0. The summed E-state index contributed by atoms with van der Waals surface area (Å²) >= 11 is 0. The highest BCUT2D eigenvalue weighted by atomic mass is 31.0. The Balaban J connectivity index is 0. The molecular formula is C3H33NO2P4+2. The molecule has 0 amide bonds. The van der Waals surface area contributed by atoms with E-state index in [1.807, 2.05) is 0 Å². The van der Waals surface area contributed by atoms with Crippen molar-refractivity contribution in [1.82, 2.24) is 6.15 Å². The first kappa shape index (κ1) is 509. The van der Waals surface area contributed by atoms with Gasteiger partial charge in [-0.1, -0.05) is 22.3 Å². The van der Waals surface area contributed by atoms with E-state index in [4.69, 9.17) is 0 Å². The molecule has 10 heavy (non-hydrogen) atoms. The second-order valence-corrected chi connectivity index (χ2v) is 0. The van der Waals surface area contributed by atoms with E-state index in [0.717, 1.165) is 0 Å². The van der Waals surface area contributed by atoms with Gasteiger partial charge in [0.15, 0.2) is 0 Å². The molecule has 0 rings (SSSR count).